The minimum absolute atomic E-state index is 0.00510. The molecule has 0 saturated carbocycles. The number of nitrogens with one attached hydrogen (secondary N) is 1. The predicted molar refractivity (Wildman–Crippen MR) is 72.8 cm³/mol. The van der Waals surface area contributed by atoms with Crippen LogP contribution in [-0.2, 0) is 0 Å². The van der Waals surface area contributed by atoms with Gasteiger partial charge in [0.15, 0.2) is 10.9 Å². The second kappa shape index (κ2) is 5.82. The first kappa shape index (κ1) is 13.7. The van der Waals surface area contributed by atoms with Crippen molar-refractivity contribution in [2.45, 2.75) is 26.8 Å². The summed E-state index contributed by atoms with van der Waals surface area (Å²) >= 11 is 1.41. The van der Waals surface area contributed by atoms with Crippen LogP contribution in [0.4, 0.5) is 5.13 Å². The number of anilines is 1. The number of thiazole rings is 1. The number of carbonyl (C=O) groups excluding carboxylic acids is 1. The fourth-order valence-electron chi connectivity index (χ4n) is 1.23. The van der Waals surface area contributed by atoms with Crippen molar-refractivity contribution < 1.29 is 4.79 Å². The Balaban J connectivity index is 2.84. The number of aryl methyl sites for hydroxylation is 1. The molecule has 0 unspecified atom stereocenters. The molecule has 1 rings (SSSR count). The summed E-state index contributed by atoms with van der Waals surface area (Å²) in [4.78, 5) is 18.8. The Morgan fingerprint density at radius 2 is 2.12 bits per heavy atom. The fraction of sp³-hybridized carbons (Fsp3) is 0.500. The Morgan fingerprint density at radius 1 is 1.47 bits per heavy atom. The molecular formula is C12H19N3OS. The van der Waals surface area contributed by atoms with E-state index in [0.29, 0.717) is 10.9 Å². The van der Waals surface area contributed by atoms with E-state index in [1.54, 1.807) is 12.3 Å². The molecule has 0 saturated heterocycles. The molecule has 17 heavy (non-hydrogen) atoms. The molecule has 94 valence electrons. The molecule has 0 bridgehead atoms. The quantitative estimate of drug-likeness (QED) is 0.647. The number of aromatic nitrogens is 1. The van der Waals surface area contributed by atoms with Gasteiger partial charge in [-0.25, -0.2) is 4.98 Å². The van der Waals surface area contributed by atoms with E-state index in [1.165, 1.54) is 11.3 Å². The van der Waals surface area contributed by atoms with Crippen molar-refractivity contribution in [1.82, 2.24) is 9.88 Å². The van der Waals surface area contributed by atoms with Crippen LogP contribution in [0.25, 0.3) is 0 Å². The smallest absolute Gasteiger partial charge is 0.199 e. The summed E-state index contributed by atoms with van der Waals surface area (Å²) in [5.41, 5.74) is 0.784. The van der Waals surface area contributed by atoms with Crippen molar-refractivity contribution in [3.8, 4) is 0 Å². The van der Waals surface area contributed by atoms with E-state index in [0.717, 1.165) is 10.8 Å². The SMILES string of the molecule is Cc1nc(NC(C)C)sc1C(=O)/C=C/N(C)C. The van der Waals surface area contributed by atoms with Gasteiger partial charge in [-0.3, -0.25) is 4.79 Å². The molecule has 1 heterocycles. The van der Waals surface area contributed by atoms with Crippen molar-refractivity contribution >= 4 is 22.3 Å². The number of carbonyl (C=O) groups is 1. The average Bonchev–Trinajstić information content (AvgIpc) is 2.54. The Hall–Kier alpha value is -1.36. The van der Waals surface area contributed by atoms with Gasteiger partial charge in [0.25, 0.3) is 0 Å². The normalized spacial score (nSPS) is 11.2. The van der Waals surface area contributed by atoms with E-state index in [9.17, 15) is 4.79 Å². The van der Waals surface area contributed by atoms with Crippen molar-refractivity contribution in [3.63, 3.8) is 0 Å². The van der Waals surface area contributed by atoms with Crippen molar-refractivity contribution in [2.24, 2.45) is 0 Å². The lowest BCUT2D eigenvalue weighted by Crippen LogP contribution is -2.08. The molecule has 0 atom stereocenters. The zero-order chi connectivity index (χ0) is 13.0. The molecule has 0 radical (unpaired) electrons. The Bertz CT molecular complexity index is 421. The molecular weight excluding hydrogens is 234 g/mol. The number of rotatable bonds is 5. The molecule has 0 fully saturated rings. The van der Waals surface area contributed by atoms with Crippen LogP contribution in [0.5, 0.6) is 0 Å². The van der Waals surface area contributed by atoms with Gasteiger partial charge in [-0.1, -0.05) is 11.3 Å². The first-order valence-electron chi connectivity index (χ1n) is 5.53. The Morgan fingerprint density at radius 3 is 2.65 bits per heavy atom. The second-order valence-electron chi connectivity index (χ2n) is 4.38. The highest BCUT2D eigenvalue weighted by Crippen LogP contribution is 2.23. The maximum absolute atomic E-state index is 11.9. The minimum atomic E-state index is 0.00510. The number of nitrogens with zero attached hydrogens (tertiary/aromatic N) is 2. The maximum Gasteiger partial charge on any atom is 0.199 e. The predicted octanol–water partition coefficient (Wildman–Crippen LogP) is 2.53. The molecule has 0 amide bonds. The van der Waals surface area contributed by atoms with Gasteiger partial charge in [-0.2, -0.15) is 0 Å². The summed E-state index contributed by atoms with van der Waals surface area (Å²) in [6, 6.07) is 0.320. The standard InChI is InChI=1S/C12H19N3OS/c1-8(2)13-12-14-9(3)11(17-12)10(16)6-7-15(4)5/h6-8H,1-5H3,(H,13,14)/b7-6+. The minimum Gasteiger partial charge on any atom is -0.383 e. The first-order valence-corrected chi connectivity index (χ1v) is 6.34. The number of allylic oxidation sites excluding steroid dienone is 1. The molecule has 1 aromatic heterocycles. The second-order valence-corrected chi connectivity index (χ2v) is 5.38. The first-order chi connectivity index (χ1) is 7.90. The third-order valence-corrected chi connectivity index (χ3v) is 3.06. The molecule has 1 N–H and O–H groups in total. The fourth-order valence-corrected chi connectivity index (χ4v) is 2.26. The Kier molecular flexibility index (Phi) is 4.69. The number of ketones is 1. The van der Waals surface area contributed by atoms with Crippen LogP contribution < -0.4 is 5.32 Å². The monoisotopic (exact) mass is 253 g/mol. The van der Waals surface area contributed by atoms with Crippen LogP contribution in [-0.4, -0.2) is 35.8 Å². The van der Waals surface area contributed by atoms with E-state index < -0.39 is 0 Å². The van der Waals surface area contributed by atoms with Crippen LogP contribution in [0, 0.1) is 6.92 Å². The van der Waals surface area contributed by atoms with Gasteiger partial charge in [0, 0.05) is 32.4 Å². The molecule has 0 aliphatic rings. The van der Waals surface area contributed by atoms with Crippen LogP contribution >= 0.6 is 11.3 Å². The van der Waals surface area contributed by atoms with E-state index in [-0.39, 0.29) is 5.78 Å². The summed E-state index contributed by atoms with van der Waals surface area (Å²) in [6.07, 6.45) is 3.32. The van der Waals surface area contributed by atoms with Crippen LogP contribution in [0.3, 0.4) is 0 Å². The summed E-state index contributed by atoms with van der Waals surface area (Å²) < 4.78 is 0. The molecule has 0 aliphatic carbocycles. The molecule has 1 aromatic rings. The van der Waals surface area contributed by atoms with E-state index >= 15 is 0 Å². The summed E-state index contributed by atoms with van der Waals surface area (Å²) in [5.74, 6) is 0.00510. The van der Waals surface area contributed by atoms with Crippen molar-refractivity contribution in [3.05, 3.63) is 22.8 Å². The largest absolute Gasteiger partial charge is 0.383 e. The lowest BCUT2D eigenvalue weighted by Gasteiger charge is -2.04. The zero-order valence-electron chi connectivity index (χ0n) is 10.9. The molecule has 0 aromatic carbocycles. The molecule has 4 nitrogen and oxygen atoms in total. The zero-order valence-corrected chi connectivity index (χ0v) is 11.8. The topological polar surface area (TPSA) is 45.2 Å². The summed E-state index contributed by atoms with van der Waals surface area (Å²) in [6.45, 7) is 5.95. The van der Waals surface area contributed by atoms with Crippen LogP contribution in [0.2, 0.25) is 0 Å². The third kappa shape index (κ3) is 4.19. The molecule has 0 spiro atoms. The highest BCUT2D eigenvalue weighted by atomic mass is 32.1. The van der Waals surface area contributed by atoms with Gasteiger partial charge in [-0.15, -0.1) is 0 Å². The highest BCUT2D eigenvalue weighted by molar-refractivity contribution is 7.17. The number of hydrogen-bond donors (Lipinski definition) is 1. The summed E-state index contributed by atoms with van der Waals surface area (Å²) in [7, 11) is 3.77. The van der Waals surface area contributed by atoms with Gasteiger partial charge in [-0.05, 0) is 20.8 Å². The van der Waals surface area contributed by atoms with Gasteiger partial charge in [0.1, 0.15) is 0 Å². The van der Waals surface area contributed by atoms with Crippen molar-refractivity contribution in [1.29, 1.82) is 0 Å². The van der Waals surface area contributed by atoms with Gasteiger partial charge < -0.3 is 10.2 Å². The lowest BCUT2D eigenvalue weighted by atomic mass is 10.3. The highest BCUT2D eigenvalue weighted by Gasteiger charge is 2.13. The molecule has 0 aliphatic heterocycles. The maximum atomic E-state index is 11.9. The van der Waals surface area contributed by atoms with E-state index in [4.69, 9.17) is 0 Å². The van der Waals surface area contributed by atoms with Gasteiger partial charge >= 0.3 is 0 Å². The summed E-state index contributed by atoms with van der Waals surface area (Å²) in [5, 5.41) is 4.01. The van der Waals surface area contributed by atoms with Gasteiger partial charge in [0.05, 0.1) is 10.6 Å². The average molecular weight is 253 g/mol. The van der Waals surface area contributed by atoms with Crippen LogP contribution in [0.15, 0.2) is 12.3 Å². The van der Waals surface area contributed by atoms with Crippen molar-refractivity contribution in [2.75, 3.05) is 19.4 Å². The lowest BCUT2D eigenvalue weighted by molar-refractivity contribution is 0.104. The van der Waals surface area contributed by atoms with Gasteiger partial charge in [0.2, 0.25) is 0 Å². The van der Waals surface area contributed by atoms with Crippen LogP contribution in [0.1, 0.15) is 29.2 Å². The number of hydrogen-bond acceptors (Lipinski definition) is 5. The molecule has 5 heteroatoms. The Labute approximate surface area is 106 Å². The van der Waals surface area contributed by atoms with E-state index in [2.05, 4.69) is 10.3 Å². The van der Waals surface area contributed by atoms with E-state index in [1.807, 2.05) is 39.8 Å². The third-order valence-electron chi connectivity index (χ3n) is 1.96.